The SMILES string of the molecule is CC(C)(C)[SiH2]OC(C)(C)[C@H]1CNCCN1C(=O)O. The normalized spacial score (nSPS) is 22.7. The van der Waals surface area contributed by atoms with Crippen LogP contribution in [-0.2, 0) is 4.43 Å². The molecule has 1 atom stereocenters. The van der Waals surface area contributed by atoms with Crippen molar-refractivity contribution in [2.24, 2.45) is 0 Å². The van der Waals surface area contributed by atoms with E-state index in [1.807, 2.05) is 13.8 Å². The summed E-state index contributed by atoms with van der Waals surface area (Å²) in [5.41, 5.74) is -0.425. The van der Waals surface area contributed by atoms with Crippen LogP contribution in [0.25, 0.3) is 0 Å². The van der Waals surface area contributed by atoms with Crippen LogP contribution >= 0.6 is 0 Å². The predicted octanol–water partition coefficient (Wildman–Crippen LogP) is 1.04. The summed E-state index contributed by atoms with van der Waals surface area (Å²) in [5, 5.41) is 12.7. The highest BCUT2D eigenvalue weighted by Crippen LogP contribution is 2.27. The van der Waals surface area contributed by atoms with E-state index in [1.54, 1.807) is 0 Å². The van der Waals surface area contributed by atoms with E-state index in [0.29, 0.717) is 13.1 Å². The molecule has 1 aliphatic rings. The van der Waals surface area contributed by atoms with Gasteiger partial charge in [-0.05, 0) is 18.9 Å². The zero-order valence-corrected chi connectivity index (χ0v) is 13.5. The van der Waals surface area contributed by atoms with Crippen molar-refractivity contribution < 1.29 is 14.3 Å². The van der Waals surface area contributed by atoms with Crippen molar-refractivity contribution in [3.8, 4) is 0 Å². The maximum atomic E-state index is 11.3. The Hall–Kier alpha value is -0.593. The topological polar surface area (TPSA) is 61.8 Å². The summed E-state index contributed by atoms with van der Waals surface area (Å²) in [4.78, 5) is 12.8. The number of amides is 1. The molecule has 0 aromatic heterocycles. The molecule has 2 N–H and O–H groups in total. The number of hydrogen-bond acceptors (Lipinski definition) is 3. The fourth-order valence-corrected chi connectivity index (χ4v) is 3.05. The van der Waals surface area contributed by atoms with Crippen molar-refractivity contribution in [3.63, 3.8) is 0 Å². The van der Waals surface area contributed by atoms with E-state index in [0.717, 1.165) is 6.54 Å². The van der Waals surface area contributed by atoms with Gasteiger partial charge in [0, 0.05) is 19.6 Å². The summed E-state index contributed by atoms with van der Waals surface area (Å²) in [6, 6.07) is -0.112. The zero-order valence-electron chi connectivity index (χ0n) is 12.1. The van der Waals surface area contributed by atoms with E-state index in [9.17, 15) is 9.90 Å². The van der Waals surface area contributed by atoms with Gasteiger partial charge in [0.25, 0.3) is 0 Å². The van der Waals surface area contributed by atoms with Gasteiger partial charge in [0.1, 0.15) is 0 Å². The van der Waals surface area contributed by atoms with Crippen LogP contribution in [0.15, 0.2) is 0 Å². The summed E-state index contributed by atoms with van der Waals surface area (Å²) >= 11 is 0. The molecule has 1 saturated heterocycles. The van der Waals surface area contributed by atoms with Gasteiger partial charge in [-0.2, -0.15) is 0 Å². The minimum atomic E-state index is -0.851. The predicted molar refractivity (Wildman–Crippen MR) is 74.8 cm³/mol. The summed E-state index contributed by atoms with van der Waals surface area (Å²) in [7, 11) is -0.694. The van der Waals surface area contributed by atoms with Crippen LogP contribution in [0.2, 0.25) is 5.04 Å². The third-order valence-corrected chi connectivity index (χ3v) is 4.92. The first-order chi connectivity index (χ1) is 8.13. The molecule has 1 rings (SSSR count). The van der Waals surface area contributed by atoms with Gasteiger partial charge < -0.3 is 14.8 Å². The molecule has 6 heteroatoms. The molecule has 0 aromatic carbocycles. The maximum Gasteiger partial charge on any atom is 0.407 e. The Kier molecular flexibility index (Phi) is 4.80. The first-order valence-electron chi connectivity index (χ1n) is 6.48. The lowest BCUT2D eigenvalue weighted by atomic mass is 9.96. The van der Waals surface area contributed by atoms with Crippen molar-refractivity contribution >= 4 is 15.9 Å². The standard InChI is InChI=1S/C12H26N2O3Si/c1-11(2,3)18-17-12(4,5)9-8-13-6-7-14(9)10(15)16/h9,13H,6-8,18H2,1-5H3,(H,15,16)/t9-/m1/s1. The molecule has 1 aliphatic heterocycles. The van der Waals surface area contributed by atoms with Crippen LogP contribution in [0.3, 0.4) is 0 Å². The van der Waals surface area contributed by atoms with E-state index in [1.165, 1.54) is 4.90 Å². The van der Waals surface area contributed by atoms with E-state index < -0.39 is 21.5 Å². The zero-order chi connectivity index (χ0) is 14.0. The first kappa shape index (κ1) is 15.5. The van der Waals surface area contributed by atoms with Gasteiger partial charge in [-0.15, -0.1) is 0 Å². The van der Waals surface area contributed by atoms with Crippen LogP contribution in [0.5, 0.6) is 0 Å². The Labute approximate surface area is 112 Å². The molecular formula is C12H26N2O3Si. The smallest absolute Gasteiger partial charge is 0.407 e. The summed E-state index contributed by atoms with van der Waals surface area (Å²) in [6.07, 6.45) is -0.851. The fourth-order valence-electron chi connectivity index (χ4n) is 2.05. The lowest BCUT2D eigenvalue weighted by molar-refractivity contribution is -0.00445. The highest BCUT2D eigenvalue weighted by atomic mass is 28.2. The van der Waals surface area contributed by atoms with Crippen molar-refractivity contribution in [2.75, 3.05) is 19.6 Å². The third kappa shape index (κ3) is 4.26. The molecule has 5 nitrogen and oxygen atoms in total. The Morgan fingerprint density at radius 3 is 2.50 bits per heavy atom. The van der Waals surface area contributed by atoms with Crippen LogP contribution in [-0.4, -0.2) is 57.1 Å². The Bertz CT molecular complexity index is 302. The minimum Gasteiger partial charge on any atom is -0.465 e. The summed E-state index contributed by atoms with van der Waals surface area (Å²) < 4.78 is 6.11. The first-order valence-corrected chi connectivity index (χ1v) is 7.76. The lowest BCUT2D eigenvalue weighted by Crippen LogP contribution is -2.62. The van der Waals surface area contributed by atoms with E-state index >= 15 is 0 Å². The Morgan fingerprint density at radius 2 is 2.00 bits per heavy atom. The summed E-state index contributed by atoms with van der Waals surface area (Å²) in [6.45, 7) is 12.4. The third-order valence-electron chi connectivity index (χ3n) is 3.17. The second kappa shape index (κ2) is 5.58. The largest absolute Gasteiger partial charge is 0.465 e. The van der Waals surface area contributed by atoms with Crippen LogP contribution < -0.4 is 5.32 Å². The van der Waals surface area contributed by atoms with Gasteiger partial charge in [-0.1, -0.05) is 20.8 Å². The van der Waals surface area contributed by atoms with Crippen LogP contribution in [0.4, 0.5) is 4.79 Å². The second-order valence-corrected chi connectivity index (χ2v) is 9.35. The van der Waals surface area contributed by atoms with Gasteiger partial charge in [-0.25, -0.2) is 4.79 Å². The molecule has 0 bridgehead atoms. The van der Waals surface area contributed by atoms with Gasteiger partial charge in [-0.3, -0.25) is 4.90 Å². The number of nitrogens with one attached hydrogen (secondary N) is 1. The van der Waals surface area contributed by atoms with Crippen LogP contribution in [0.1, 0.15) is 34.6 Å². The Morgan fingerprint density at radius 1 is 1.39 bits per heavy atom. The molecule has 0 saturated carbocycles. The monoisotopic (exact) mass is 274 g/mol. The minimum absolute atomic E-state index is 0.112. The Balaban J connectivity index is 2.71. The number of piperazine rings is 1. The number of rotatable bonds is 3. The van der Waals surface area contributed by atoms with E-state index in [2.05, 4.69) is 26.1 Å². The fraction of sp³-hybridized carbons (Fsp3) is 0.917. The van der Waals surface area contributed by atoms with Crippen LogP contribution in [0, 0.1) is 0 Å². The average Bonchev–Trinajstić information content (AvgIpc) is 2.26. The molecule has 106 valence electrons. The number of carboxylic acid groups (broad SMARTS) is 1. The van der Waals surface area contributed by atoms with Crippen molar-refractivity contribution in [1.29, 1.82) is 0 Å². The number of carbonyl (C=O) groups is 1. The van der Waals surface area contributed by atoms with Crippen molar-refractivity contribution in [3.05, 3.63) is 0 Å². The molecular weight excluding hydrogens is 248 g/mol. The van der Waals surface area contributed by atoms with Crippen molar-refractivity contribution in [2.45, 2.75) is 51.3 Å². The maximum absolute atomic E-state index is 11.3. The molecule has 0 spiro atoms. The van der Waals surface area contributed by atoms with Gasteiger partial charge >= 0.3 is 6.09 Å². The van der Waals surface area contributed by atoms with Gasteiger partial charge in [0.2, 0.25) is 0 Å². The highest BCUT2D eigenvalue weighted by molar-refractivity contribution is 6.31. The molecule has 1 amide bonds. The second-order valence-electron chi connectivity index (χ2n) is 6.65. The van der Waals surface area contributed by atoms with Gasteiger partial charge in [0.05, 0.1) is 11.6 Å². The van der Waals surface area contributed by atoms with E-state index in [4.69, 9.17) is 4.43 Å². The molecule has 0 aromatic rings. The lowest BCUT2D eigenvalue weighted by Gasteiger charge is -2.44. The molecule has 1 fully saturated rings. The highest BCUT2D eigenvalue weighted by Gasteiger charge is 2.39. The molecule has 0 radical (unpaired) electrons. The van der Waals surface area contributed by atoms with Crippen molar-refractivity contribution in [1.82, 2.24) is 10.2 Å². The summed E-state index contributed by atoms with van der Waals surface area (Å²) in [5.74, 6) is 0. The molecule has 1 heterocycles. The molecule has 0 unspecified atom stereocenters. The number of hydrogen-bond donors (Lipinski definition) is 2. The van der Waals surface area contributed by atoms with Gasteiger partial charge in [0.15, 0.2) is 9.76 Å². The van der Waals surface area contributed by atoms with E-state index in [-0.39, 0.29) is 11.1 Å². The number of nitrogens with zero attached hydrogens (tertiary/aromatic N) is 1. The average molecular weight is 274 g/mol. The molecule has 18 heavy (non-hydrogen) atoms. The quantitative estimate of drug-likeness (QED) is 0.755. The molecule has 0 aliphatic carbocycles.